The Kier molecular flexibility index (Phi) is 5.27. The molecule has 0 aliphatic carbocycles. The van der Waals surface area contributed by atoms with Gasteiger partial charge in [-0.1, -0.05) is 22.0 Å². The molecule has 1 amide bonds. The molecule has 0 unspecified atom stereocenters. The fraction of sp³-hybridized carbons (Fsp3) is 0.188. The van der Waals surface area contributed by atoms with Crippen LogP contribution in [0.2, 0.25) is 0 Å². The highest BCUT2D eigenvalue weighted by molar-refractivity contribution is 9.10. The Morgan fingerprint density at radius 3 is 2.77 bits per heavy atom. The van der Waals surface area contributed by atoms with Crippen LogP contribution in [0.15, 0.2) is 41.4 Å². The van der Waals surface area contributed by atoms with Gasteiger partial charge in [-0.15, -0.1) is 6.58 Å². The average Bonchev–Trinajstić information content (AvgIpc) is 2.47. The summed E-state index contributed by atoms with van der Waals surface area (Å²) in [6.07, 6.45) is 1.62. The molecule has 0 saturated heterocycles. The van der Waals surface area contributed by atoms with Gasteiger partial charge in [-0.05, 0) is 43.7 Å². The maximum absolute atomic E-state index is 12.0. The first kappa shape index (κ1) is 16.2. The van der Waals surface area contributed by atoms with Gasteiger partial charge in [0.25, 0.3) is 5.91 Å². The van der Waals surface area contributed by atoms with Crippen LogP contribution in [0.4, 0.5) is 11.6 Å². The zero-order chi connectivity index (χ0) is 16.1. The number of aryl methyl sites for hydroxylation is 2. The van der Waals surface area contributed by atoms with Crippen LogP contribution in [0.5, 0.6) is 0 Å². The van der Waals surface area contributed by atoms with Crippen LogP contribution in [0.3, 0.4) is 0 Å². The van der Waals surface area contributed by atoms with Crippen molar-refractivity contribution in [2.45, 2.75) is 13.8 Å². The summed E-state index contributed by atoms with van der Waals surface area (Å²) in [5, 5.41) is 5.85. The molecule has 0 atom stereocenters. The summed E-state index contributed by atoms with van der Waals surface area (Å²) in [7, 11) is 0. The van der Waals surface area contributed by atoms with E-state index in [9.17, 15) is 4.79 Å². The van der Waals surface area contributed by atoms with Crippen molar-refractivity contribution in [2.24, 2.45) is 0 Å². The Labute approximate surface area is 138 Å². The van der Waals surface area contributed by atoms with Crippen LogP contribution in [-0.4, -0.2) is 22.4 Å². The summed E-state index contributed by atoms with van der Waals surface area (Å²) in [5.41, 5.74) is 2.99. The van der Waals surface area contributed by atoms with Crippen molar-refractivity contribution in [3.05, 3.63) is 58.3 Å². The van der Waals surface area contributed by atoms with E-state index in [4.69, 9.17) is 0 Å². The number of amides is 1. The second-order valence-electron chi connectivity index (χ2n) is 4.80. The second-order valence-corrected chi connectivity index (χ2v) is 5.72. The van der Waals surface area contributed by atoms with Crippen LogP contribution >= 0.6 is 15.9 Å². The number of halogens is 1. The van der Waals surface area contributed by atoms with Crippen LogP contribution in [-0.2, 0) is 0 Å². The summed E-state index contributed by atoms with van der Waals surface area (Å²) in [5.74, 6) is 0.148. The van der Waals surface area contributed by atoms with Crippen molar-refractivity contribution in [1.29, 1.82) is 0 Å². The molecule has 6 heteroatoms. The van der Waals surface area contributed by atoms with Crippen LogP contribution in [0, 0.1) is 13.8 Å². The lowest BCUT2D eigenvalue weighted by molar-refractivity contribution is 0.0953. The molecule has 0 aliphatic rings. The standard InChI is InChI=1S/C16H17BrN4O/c1-4-7-18-15(22)14-9-11(3)19-16(21-14)20-13-6-5-12(17)8-10(13)2/h4-6,8-9H,1,7H2,2-3H3,(H,18,22)(H,19,20,21). The van der Waals surface area contributed by atoms with Crippen molar-refractivity contribution in [3.8, 4) is 0 Å². The lowest BCUT2D eigenvalue weighted by Gasteiger charge is -2.10. The van der Waals surface area contributed by atoms with E-state index in [2.05, 4.69) is 43.1 Å². The molecule has 2 N–H and O–H groups in total. The van der Waals surface area contributed by atoms with Gasteiger partial charge in [0.05, 0.1) is 0 Å². The van der Waals surface area contributed by atoms with Gasteiger partial charge in [0.2, 0.25) is 5.95 Å². The maximum Gasteiger partial charge on any atom is 0.270 e. The molecule has 0 bridgehead atoms. The number of nitrogens with one attached hydrogen (secondary N) is 2. The Morgan fingerprint density at radius 2 is 2.09 bits per heavy atom. The van der Waals surface area contributed by atoms with E-state index in [-0.39, 0.29) is 5.91 Å². The fourth-order valence-electron chi connectivity index (χ4n) is 1.88. The molecule has 114 valence electrons. The third-order valence-corrected chi connectivity index (χ3v) is 3.42. The normalized spacial score (nSPS) is 10.1. The lowest BCUT2D eigenvalue weighted by Crippen LogP contribution is -2.24. The van der Waals surface area contributed by atoms with Crippen molar-refractivity contribution in [1.82, 2.24) is 15.3 Å². The quantitative estimate of drug-likeness (QED) is 0.800. The Hall–Kier alpha value is -2.21. The van der Waals surface area contributed by atoms with Gasteiger partial charge in [0.15, 0.2) is 0 Å². The molecule has 0 fully saturated rings. The van der Waals surface area contributed by atoms with Crippen LogP contribution < -0.4 is 10.6 Å². The molecular formula is C16H17BrN4O. The fourth-order valence-corrected chi connectivity index (χ4v) is 2.36. The van der Waals surface area contributed by atoms with E-state index >= 15 is 0 Å². The Balaban J connectivity index is 2.26. The number of rotatable bonds is 5. The first-order valence-corrected chi connectivity index (χ1v) is 7.57. The highest BCUT2D eigenvalue weighted by Crippen LogP contribution is 2.22. The topological polar surface area (TPSA) is 66.9 Å². The van der Waals surface area contributed by atoms with E-state index in [0.717, 1.165) is 21.4 Å². The largest absolute Gasteiger partial charge is 0.347 e. The van der Waals surface area contributed by atoms with Crippen molar-refractivity contribution < 1.29 is 4.79 Å². The third kappa shape index (κ3) is 4.14. The Bertz CT molecular complexity index is 715. The van der Waals surface area contributed by atoms with Crippen molar-refractivity contribution in [2.75, 3.05) is 11.9 Å². The number of carbonyl (C=O) groups is 1. The van der Waals surface area contributed by atoms with Crippen LogP contribution in [0.25, 0.3) is 0 Å². The van der Waals surface area contributed by atoms with Gasteiger partial charge < -0.3 is 10.6 Å². The first-order valence-electron chi connectivity index (χ1n) is 6.77. The SMILES string of the molecule is C=CCNC(=O)c1cc(C)nc(Nc2ccc(Br)cc2C)n1. The number of aromatic nitrogens is 2. The molecule has 2 rings (SSSR count). The molecule has 22 heavy (non-hydrogen) atoms. The van der Waals surface area contributed by atoms with E-state index in [1.807, 2.05) is 32.0 Å². The Morgan fingerprint density at radius 1 is 1.32 bits per heavy atom. The zero-order valence-corrected chi connectivity index (χ0v) is 14.1. The minimum atomic E-state index is -0.249. The van der Waals surface area contributed by atoms with Crippen LogP contribution in [0.1, 0.15) is 21.7 Å². The second kappa shape index (κ2) is 7.17. The summed E-state index contributed by atoms with van der Waals surface area (Å²) >= 11 is 3.43. The first-order chi connectivity index (χ1) is 10.5. The average molecular weight is 361 g/mol. The van der Waals surface area contributed by atoms with Gasteiger partial charge in [-0.25, -0.2) is 9.97 Å². The minimum absolute atomic E-state index is 0.249. The number of benzene rings is 1. The number of carbonyl (C=O) groups excluding carboxylic acids is 1. The van der Waals surface area contributed by atoms with E-state index in [1.54, 1.807) is 12.1 Å². The molecule has 2 aromatic rings. The molecule has 0 radical (unpaired) electrons. The summed E-state index contributed by atoms with van der Waals surface area (Å²) < 4.78 is 1.00. The smallest absolute Gasteiger partial charge is 0.270 e. The van der Waals surface area contributed by atoms with E-state index < -0.39 is 0 Å². The van der Waals surface area contributed by atoms with E-state index in [0.29, 0.717) is 18.2 Å². The summed E-state index contributed by atoms with van der Waals surface area (Å²) in [4.78, 5) is 20.6. The summed E-state index contributed by atoms with van der Waals surface area (Å²) in [6, 6.07) is 7.51. The van der Waals surface area contributed by atoms with Crippen molar-refractivity contribution in [3.63, 3.8) is 0 Å². The molecule has 1 heterocycles. The molecule has 1 aromatic carbocycles. The van der Waals surface area contributed by atoms with Crippen molar-refractivity contribution >= 4 is 33.5 Å². The highest BCUT2D eigenvalue weighted by atomic mass is 79.9. The predicted octanol–water partition coefficient (Wildman–Crippen LogP) is 3.52. The minimum Gasteiger partial charge on any atom is -0.347 e. The number of hydrogen-bond donors (Lipinski definition) is 2. The maximum atomic E-state index is 12.0. The van der Waals surface area contributed by atoms with Gasteiger partial charge in [0.1, 0.15) is 5.69 Å². The molecule has 0 saturated carbocycles. The lowest BCUT2D eigenvalue weighted by atomic mass is 10.2. The predicted molar refractivity (Wildman–Crippen MR) is 91.5 cm³/mol. The van der Waals surface area contributed by atoms with Gasteiger partial charge in [-0.2, -0.15) is 0 Å². The highest BCUT2D eigenvalue weighted by Gasteiger charge is 2.10. The van der Waals surface area contributed by atoms with Gasteiger partial charge in [-0.3, -0.25) is 4.79 Å². The molecular weight excluding hydrogens is 344 g/mol. The molecule has 0 aliphatic heterocycles. The van der Waals surface area contributed by atoms with Gasteiger partial charge >= 0.3 is 0 Å². The monoisotopic (exact) mass is 360 g/mol. The number of nitrogens with zero attached hydrogens (tertiary/aromatic N) is 2. The van der Waals surface area contributed by atoms with Gasteiger partial charge in [0, 0.05) is 22.4 Å². The molecule has 1 aromatic heterocycles. The third-order valence-electron chi connectivity index (χ3n) is 2.93. The molecule has 5 nitrogen and oxygen atoms in total. The molecule has 0 spiro atoms. The number of anilines is 2. The summed E-state index contributed by atoms with van der Waals surface area (Å²) in [6.45, 7) is 7.78. The zero-order valence-electron chi connectivity index (χ0n) is 12.5. The van der Waals surface area contributed by atoms with E-state index in [1.165, 1.54) is 0 Å². The number of hydrogen-bond acceptors (Lipinski definition) is 4.